The zero-order chi connectivity index (χ0) is 14.3. The maximum Gasteiger partial charge on any atom is 0.123 e. The molecule has 3 heteroatoms. The summed E-state index contributed by atoms with van der Waals surface area (Å²) < 4.78 is 13.3. The van der Waals surface area contributed by atoms with Gasteiger partial charge in [-0.3, -0.25) is 0 Å². The molecular formula is C16H27FN2. The topological polar surface area (TPSA) is 15.3 Å². The van der Waals surface area contributed by atoms with Crippen molar-refractivity contribution in [1.82, 2.24) is 10.2 Å². The SMILES string of the molecule is CCCNC(CCN(C)C)Cc1cc(F)ccc1C. The van der Waals surface area contributed by atoms with Gasteiger partial charge in [-0.2, -0.15) is 0 Å². The van der Waals surface area contributed by atoms with Crippen molar-refractivity contribution in [3.63, 3.8) is 0 Å². The first-order chi connectivity index (χ1) is 9.02. The third-order valence-electron chi connectivity index (χ3n) is 3.39. The van der Waals surface area contributed by atoms with Crippen LogP contribution in [0.2, 0.25) is 0 Å². The summed E-state index contributed by atoms with van der Waals surface area (Å²) in [7, 11) is 4.18. The van der Waals surface area contributed by atoms with Crippen LogP contribution in [0.3, 0.4) is 0 Å². The molecule has 0 spiro atoms. The number of benzene rings is 1. The Morgan fingerprint density at radius 1 is 1.32 bits per heavy atom. The van der Waals surface area contributed by atoms with E-state index in [1.165, 1.54) is 11.6 Å². The van der Waals surface area contributed by atoms with Crippen molar-refractivity contribution in [2.45, 2.75) is 39.2 Å². The van der Waals surface area contributed by atoms with Crippen molar-refractivity contribution in [3.8, 4) is 0 Å². The van der Waals surface area contributed by atoms with Crippen LogP contribution in [0.25, 0.3) is 0 Å². The van der Waals surface area contributed by atoms with E-state index in [1.54, 1.807) is 6.07 Å². The summed E-state index contributed by atoms with van der Waals surface area (Å²) >= 11 is 0. The van der Waals surface area contributed by atoms with Crippen LogP contribution in [0.15, 0.2) is 18.2 Å². The summed E-state index contributed by atoms with van der Waals surface area (Å²) in [6.07, 6.45) is 3.11. The average Bonchev–Trinajstić information content (AvgIpc) is 2.36. The Hall–Kier alpha value is -0.930. The van der Waals surface area contributed by atoms with Gasteiger partial charge in [-0.15, -0.1) is 0 Å². The molecule has 0 amide bonds. The lowest BCUT2D eigenvalue weighted by atomic mass is 9.98. The van der Waals surface area contributed by atoms with Crippen molar-refractivity contribution in [1.29, 1.82) is 0 Å². The van der Waals surface area contributed by atoms with Gasteiger partial charge in [-0.05, 0) is 76.6 Å². The maximum absolute atomic E-state index is 13.3. The van der Waals surface area contributed by atoms with Crippen LogP contribution in [0.5, 0.6) is 0 Å². The second-order valence-corrected chi connectivity index (χ2v) is 5.52. The smallest absolute Gasteiger partial charge is 0.123 e. The molecule has 19 heavy (non-hydrogen) atoms. The highest BCUT2D eigenvalue weighted by molar-refractivity contribution is 5.27. The third kappa shape index (κ3) is 6.17. The highest BCUT2D eigenvalue weighted by atomic mass is 19.1. The molecule has 0 bridgehead atoms. The first-order valence-electron chi connectivity index (χ1n) is 7.16. The van der Waals surface area contributed by atoms with E-state index in [0.29, 0.717) is 6.04 Å². The predicted molar refractivity (Wildman–Crippen MR) is 80.1 cm³/mol. The average molecular weight is 266 g/mol. The molecule has 0 fully saturated rings. The first-order valence-corrected chi connectivity index (χ1v) is 7.16. The van der Waals surface area contributed by atoms with Gasteiger partial charge in [-0.1, -0.05) is 13.0 Å². The Morgan fingerprint density at radius 3 is 2.68 bits per heavy atom. The number of hydrogen-bond acceptors (Lipinski definition) is 2. The van der Waals surface area contributed by atoms with Gasteiger partial charge in [0, 0.05) is 6.04 Å². The lowest BCUT2D eigenvalue weighted by Crippen LogP contribution is -2.34. The van der Waals surface area contributed by atoms with E-state index in [-0.39, 0.29) is 5.82 Å². The van der Waals surface area contributed by atoms with Gasteiger partial charge in [0.2, 0.25) is 0 Å². The van der Waals surface area contributed by atoms with Gasteiger partial charge in [0.1, 0.15) is 5.82 Å². The fourth-order valence-electron chi connectivity index (χ4n) is 2.16. The lowest BCUT2D eigenvalue weighted by Gasteiger charge is -2.21. The monoisotopic (exact) mass is 266 g/mol. The Bertz CT molecular complexity index is 377. The molecule has 1 aromatic rings. The fourth-order valence-corrected chi connectivity index (χ4v) is 2.16. The Morgan fingerprint density at radius 2 is 2.05 bits per heavy atom. The molecule has 1 unspecified atom stereocenters. The zero-order valence-electron chi connectivity index (χ0n) is 12.7. The van der Waals surface area contributed by atoms with E-state index in [1.807, 2.05) is 6.07 Å². The van der Waals surface area contributed by atoms with Crippen molar-refractivity contribution in [2.75, 3.05) is 27.2 Å². The minimum atomic E-state index is -0.137. The largest absolute Gasteiger partial charge is 0.314 e. The molecule has 0 aliphatic rings. The molecule has 0 aliphatic heterocycles. The van der Waals surface area contributed by atoms with Gasteiger partial charge >= 0.3 is 0 Å². The van der Waals surface area contributed by atoms with Crippen LogP contribution in [0, 0.1) is 12.7 Å². The van der Waals surface area contributed by atoms with Gasteiger partial charge < -0.3 is 10.2 Å². The van der Waals surface area contributed by atoms with Crippen molar-refractivity contribution in [3.05, 3.63) is 35.1 Å². The summed E-state index contributed by atoms with van der Waals surface area (Å²) in [5.41, 5.74) is 2.29. The van der Waals surface area contributed by atoms with Crippen molar-refractivity contribution in [2.24, 2.45) is 0 Å². The molecule has 1 rings (SSSR count). The van der Waals surface area contributed by atoms with Crippen LogP contribution in [-0.2, 0) is 6.42 Å². The summed E-state index contributed by atoms with van der Waals surface area (Å²) in [5, 5.41) is 3.57. The summed E-state index contributed by atoms with van der Waals surface area (Å²) in [6.45, 7) is 6.29. The van der Waals surface area contributed by atoms with Gasteiger partial charge in [0.05, 0.1) is 0 Å². The fraction of sp³-hybridized carbons (Fsp3) is 0.625. The Labute approximate surface area is 117 Å². The number of halogens is 1. The molecule has 1 atom stereocenters. The van der Waals surface area contributed by atoms with Crippen LogP contribution in [0.1, 0.15) is 30.9 Å². The number of hydrogen-bond donors (Lipinski definition) is 1. The first kappa shape index (κ1) is 16.1. The second kappa shape index (κ2) is 8.28. The predicted octanol–water partition coefficient (Wildman–Crippen LogP) is 3.00. The number of nitrogens with zero attached hydrogens (tertiary/aromatic N) is 1. The van der Waals surface area contributed by atoms with Crippen LogP contribution in [-0.4, -0.2) is 38.1 Å². The quantitative estimate of drug-likeness (QED) is 0.778. The van der Waals surface area contributed by atoms with Crippen LogP contribution < -0.4 is 5.32 Å². The maximum atomic E-state index is 13.3. The summed E-state index contributed by atoms with van der Waals surface area (Å²) in [5.74, 6) is -0.137. The highest BCUT2D eigenvalue weighted by Crippen LogP contribution is 2.14. The number of rotatable bonds is 8. The minimum Gasteiger partial charge on any atom is -0.314 e. The van der Waals surface area contributed by atoms with E-state index in [4.69, 9.17) is 0 Å². The molecule has 0 radical (unpaired) electrons. The van der Waals surface area contributed by atoms with E-state index in [2.05, 4.69) is 38.2 Å². The summed E-state index contributed by atoms with van der Waals surface area (Å²) in [6, 6.07) is 5.49. The molecule has 2 nitrogen and oxygen atoms in total. The van der Waals surface area contributed by atoms with Crippen molar-refractivity contribution >= 4 is 0 Å². The molecule has 108 valence electrons. The second-order valence-electron chi connectivity index (χ2n) is 5.52. The normalized spacial score (nSPS) is 12.9. The minimum absolute atomic E-state index is 0.137. The molecule has 0 aliphatic carbocycles. The Balaban J connectivity index is 2.66. The Kier molecular flexibility index (Phi) is 7.03. The lowest BCUT2D eigenvalue weighted by molar-refractivity contribution is 0.356. The van der Waals surface area contributed by atoms with Gasteiger partial charge in [0.25, 0.3) is 0 Å². The van der Waals surface area contributed by atoms with Gasteiger partial charge in [0.15, 0.2) is 0 Å². The molecule has 1 N–H and O–H groups in total. The molecule has 1 aromatic carbocycles. The zero-order valence-corrected chi connectivity index (χ0v) is 12.7. The molecule has 0 aromatic heterocycles. The summed E-state index contributed by atoms with van der Waals surface area (Å²) in [4.78, 5) is 2.19. The van der Waals surface area contributed by atoms with Gasteiger partial charge in [-0.25, -0.2) is 4.39 Å². The number of nitrogens with one attached hydrogen (secondary N) is 1. The number of aryl methyl sites for hydroxylation is 1. The van der Waals surface area contributed by atoms with E-state index in [9.17, 15) is 4.39 Å². The molecule has 0 saturated heterocycles. The molecular weight excluding hydrogens is 239 g/mol. The van der Waals surface area contributed by atoms with E-state index < -0.39 is 0 Å². The van der Waals surface area contributed by atoms with E-state index >= 15 is 0 Å². The standard InChI is InChI=1S/C16H27FN2/c1-5-9-18-16(8-10-19(3)4)12-14-11-15(17)7-6-13(14)2/h6-7,11,16,18H,5,8-10,12H2,1-4H3. The highest BCUT2D eigenvalue weighted by Gasteiger charge is 2.11. The molecule has 0 saturated carbocycles. The third-order valence-corrected chi connectivity index (χ3v) is 3.39. The molecule has 0 heterocycles. The van der Waals surface area contributed by atoms with Crippen LogP contribution in [0.4, 0.5) is 4.39 Å². The van der Waals surface area contributed by atoms with Crippen molar-refractivity contribution < 1.29 is 4.39 Å². The van der Waals surface area contributed by atoms with E-state index in [0.717, 1.165) is 37.9 Å². The van der Waals surface area contributed by atoms with Crippen LogP contribution >= 0.6 is 0 Å².